The number of fused-ring (bicyclic) bond motifs is 2. The van der Waals surface area contributed by atoms with E-state index in [1.165, 1.54) is 44.5 Å². The second-order valence-corrected chi connectivity index (χ2v) is 9.50. The van der Waals surface area contributed by atoms with E-state index in [0.29, 0.717) is 0 Å². The smallest absolute Gasteiger partial charge is 0.0414 e. The highest BCUT2D eigenvalue weighted by atomic mass is 14.5. The van der Waals surface area contributed by atoms with Gasteiger partial charge in [0.15, 0.2) is 0 Å². The van der Waals surface area contributed by atoms with Gasteiger partial charge in [-0.3, -0.25) is 0 Å². The molecule has 2 unspecified atom stereocenters. The largest absolute Gasteiger partial charge is 0.0639 e. The van der Waals surface area contributed by atoms with Gasteiger partial charge in [0.05, 0.1) is 0 Å². The van der Waals surface area contributed by atoms with Crippen molar-refractivity contribution in [1.29, 1.82) is 0 Å². The molecule has 2 aliphatic rings. The zero-order valence-corrected chi connectivity index (χ0v) is 19.2. The third-order valence-corrected chi connectivity index (χ3v) is 7.70. The van der Waals surface area contributed by atoms with E-state index in [0.717, 1.165) is 0 Å². The Hall–Kier alpha value is -3.64. The molecule has 0 radical (unpaired) electrons. The standard InChI is InChI=1S/C33H28/c1-23-21-25-13-9-11-19-29(25)31(23)33(27-15-5-3-6-16-27,28-17-7-4-8-18-28)32-24(2)22-26-14-10-12-20-30(26)32/h3-22,31-32H,1-2H3. The molecule has 0 heteroatoms. The Bertz CT molecular complexity index is 1260. The first-order valence-electron chi connectivity index (χ1n) is 11.9. The minimum absolute atomic E-state index is 0.248. The van der Waals surface area contributed by atoms with Crippen LogP contribution in [0.2, 0.25) is 0 Å². The minimum Gasteiger partial charge on any atom is -0.0639 e. The highest BCUT2D eigenvalue weighted by Gasteiger charge is 2.53. The molecule has 6 rings (SSSR count). The number of hydrogen-bond acceptors (Lipinski definition) is 0. The van der Waals surface area contributed by atoms with Gasteiger partial charge in [0, 0.05) is 17.3 Å². The Morgan fingerprint density at radius 1 is 0.455 bits per heavy atom. The molecule has 0 aromatic heterocycles. The first-order valence-corrected chi connectivity index (χ1v) is 11.9. The quantitative estimate of drug-likeness (QED) is 0.309. The zero-order valence-electron chi connectivity index (χ0n) is 19.2. The van der Waals surface area contributed by atoms with E-state index >= 15 is 0 Å². The van der Waals surface area contributed by atoms with Crippen molar-refractivity contribution < 1.29 is 0 Å². The lowest BCUT2D eigenvalue weighted by Crippen LogP contribution is -2.41. The molecule has 4 aromatic rings. The number of allylic oxidation sites excluding steroid dienone is 2. The number of hydrogen-bond donors (Lipinski definition) is 0. The van der Waals surface area contributed by atoms with Gasteiger partial charge in [0.2, 0.25) is 0 Å². The van der Waals surface area contributed by atoms with Crippen molar-refractivity contribution in [3.63, 3.8) is 0 Å². The van der Waals surface area contributed by atoms with Crippen molar-refractivity contribution >= 4 is 12.2 Å². The zero-order chi connectivity index (χ0) is 22.4. The summed E-state index contributed by atoms with van der Waals surface area (Å²) in [6, 6.07) is 40.4. The lowest BCUT2D eigenvalue weighted by molar-refractivity contribution is 0.400. The van der Waals surface area contributed by atoms with Crippen LogP contribution in [0.15, 0.2) is 120 Å². The van der Waals surface area contributed by atoms with Crippen LogP contribution >= 0.6 is 0 Å². The third kappa shape index (κ3) is 2.91. The summed E-state index contributed by atoms with van der Waals surface area (Å²) < 4.78 is 0. The van der Waals surface area contributed by atoms with Gasteiger partial charge in [0.25, 0.3) is 0 Å². The van der Waals surface area contributed by atoms with E-state index in [-0.39, 0.29) is 17.3 Å². The van der Waals surface area contributed by atoms with E-state index in [4.69, 9.17) is 0 Å². The van der Waals surface area contributed by atoms with Crippen molar-refractivity contribution in [2.24, 2.45) is 0 Å². The van der Waals surface area contributed by atoms with Crippen LogP contribution in [0, 0.1) is 0 Å². The molecular weight excluding hydrogens is 396 g/mol. The maximum Gasteiger partial charge on any atom is 0.0414 e. The van der Waals surface area contributed by atoms with E-state index < -0.39 is 0 Å². The molecule has 4 aromatic carbocycles. The maximum atomic E-state index is 2.40. The third-order valence-electron chi connectivity index (χ3n) is 7.70. The SMILES string of the molecule is CC1=Cc2ccccc2C1C(c1ccccc1)(c1ccccc1)C1C(C)=Cc2ccccc21. The second-order valence-electron chi connectivity index (χ2n) is 9.50. The van der Waals surface area contributed by atoms with Crippen LogP contribution in [0.25, 0.3) is 12.2 Å². The van der Waals surface area contributed by atoms with Crippen LogP contribution in [0.4, 0.5) is 0 Å². The molecule has 33 heavy (non-hydrogen) atoms. The van der Waals surface area contributed by atoms with Crippen LogP contribution in [-0.4, -0.2) is 0 Å². The molecule has 0 spiro atoms. The van der Waals surface area contributed by atoms with E-state index in [2.05, 4.69) is 135 Å². The molecule has 2 aliphatic carbocycles. The average molecular weight is 425 g/mol. The Balaban J connectivity index is 1.75. The van der Waals surface area contributed by atoms with Gasteiger partial charge in [-0.05, 0) is 47.2 Å². The van der Waals surface area contributed by atoms with Crippen LogP contribution in [0.3, 0.4) is 0 Å². The summed E-state index contributed by atoms with van der Waals surface area (Å²) in [5.74, 6) is 0.496. The van der Waals surface area contributed by atoms with Crippen molar-refractivity contribution in [2.75, 3.05) is 0 Å². The molecule has 0 N–H and O–H groups in total. The van der Waals surface area contributed by atoms with Crippen LogP contribution in [0.5, 0.6) is 0 Å². The van der Waals surface area contributed by atoms with Crippen molar-refractivity contribution in [1.82, 2.24) is 0 Å². The molecule has 0 saturated heterocycles. The molecule has 0 amide bonds. The summed E-state index contributed by atoms with van der Waals surface area (Å²) in [6.07, 6.45) is 4.81. The highest BCUT2D eigenvalue weighted by molar-refractivity contribution is 5.74. The monoisotopic (exact) mass is 424 g/mol. The van der Waals surface area contributed by atoms with Gasteiger partial charge >= 0.3 is 0 Å². The lowest BCUT2D eigenvalue weighted by Gasteiger charge is -2.47. The van der Waals surface area contributed by atoms with Gasteiger partial charge in [-0.15, -0.1) is 0 Å². The first kappa shape index (κ1) is 20.0. The Morgan fingerprint density at radius 2 is 0.818 bits per heavy atom. The van der Waals surface area contributed by atoms with Crippen molar-refractivity contribution in [3.8, 4) is 0 Å². The Kier molecular flexibility index (Phi) is 4.69. The first-order chi connectivity index (χ1) is 16.2. The van der Waals surface area contributed by atoms with Gasteiger partial charge in [-0.2, -0.15) is 0 Å². The Morgan fingerprint density at radius 3 is 1.24 bits per heavy atom. The molecule has 0 nitrogen and oxygen atoms in total. The molecule has 0 heterocycles. The van der Waals surface area contributed by atoms with Crippen LogP contribution in [-0.2, 0) is 5.41 Å². The van der Waals surface area contributed by atoms with E-state index in [9.17, 15) is 0 Å². The molecule has 0 fully saturated rings. The fraction of sp³-hybridized carbons (Fsp3) is 0.152. The summed E-state index contributed by atoms with van der Waals surface area (Å²) in [7, 11) is 0. The van der Waals surface area contributed by atoms with E-state index in [1.807, 2.05) is 0 Å². The average Bonchev–Trinajstić information content (AvgIpc) is 3.38. The van der Waals surface area contributed by atoms with Crippen molar-refractivity contribution in [2.45, 2.75) is 31.1 Å². The lowest BCUT2D eigenvalue weighted by atomic mass is 9.54. The number of benzene rings is 4. The van der Waals surface area contributed by atoms with Gasteiger partial charge < -0.3 is 0 Å². The maximum absolute atomic E-state index is 2.40. The van der Waals surface area contributed by atoms with E-state index in [1.54, 1.807) is 0 Å². The predicted molar refractivity (Wildman–Crippen MR) is 139 cm³/mol. The molecule has 2 atom stereocenters. The fourth-order valence-electron chi connectivity index (χ4n) is 6.59. The summed E-state index contributed by atoms with van der Waals surface area (Å²) >= 11 is 0. The molecule has 0 saturated carbocycles. The predicted octanol–water partition coefficient (Wildman–Crippen LogP) is 8.37. The minimum atomic E-state index is -0.261. The normalized spacial score (nSPS) is 19.0. The molecule has 0 bridgehead atoms. The van der Waals surface area contributed by atoms with Gasteiger partial charge in [0.1, 0.15) is 0 Å². The summed E-state index contributed by atoms with van der Waals surface area (Å²) in [6.45, 7) is 4.65. The van der Waals surface area contributed by atoms with Gasteiger partial charge in [-0.1, -0.05) is 132 Å². The van der Waals surface area contributed by atoms with Crippen LogP contribution in [0.1, 0.15) is 59.1 Å². The summed E-state index contributed by atoms with van der Waals surface area (Å²) in [4.78, 5) is 0. The second kappa shape index (κ2) is 7.74. The van der Waals surface area contributed by atoms with Crippen LogP contribution < -0.4 is 0 Å². The summed E-state index contributed by atoms with van der Waals surface area (Å²) in [5, 5.41) is 0. The molecular formula is C33H28. The topological polar surface area (TPSA) is 0 Å². The Labute approximate surface area is 196 Å². The number of rotatable bonds is 4. The molecule has 0 aliphatic heterocycles. The molecule has 160 valence electrons. The van der Waals surface area contributed by atoms with Gasteiger partial charge in [-0.25, -0.2) is 0 Å². The highest BCUT2D eigenvalue weighted by Crippen LogP contribution is 2.62. The fourth-order valence-corrected chi connectivity index (χ4v) is 6.59. The summed E-state index contributed by atoms with van der Waals surface area (Å²) in [5.41, 5.74) is 10.9. The van der Waals surface area contributed by atoms with Crippen molar-refractivity contribution in [3.05, 3.63) is 154 Å².